The lowest BCUT2D eigenvalue weighted by Crippen LogP contribution is -1.89. The molecule has 0 fully saturated rings. The predicted octanol–water partition coefficient (Wildman–Crippen LogP) is 3.96. The summed E-state index contributed by atoms with van der Waals surface area (Å²) in [5.41, 5.74) is 3.49. The van der Waals surface area contributed by atoms with Gasteiger partial charge in [-0.3, -0.25) is 4.98 Å². The molecule has 0 saturated heterocycles. The van der Waals surface area contributed by atoms with Crippen molar-refractivity contribution < 1.29 is 0 Å². The molecule has 0 N–H and O–H groups in total. The Morgan fingerprint density at radius 3 is 2.67 bits per heavy atom. The zero-order valence-electron chi connectivity index (χ0n) is 8.57. The Hall–Kier alpha value is -1.34. The predicted molar refractivity (Wildman–Crippen MR) is 64.1 cm³/mol. The van der Waals surface area contributed by atoms with E-state index in [9.17, 15) is 0 Å². The van der Waals surface area contributed by atoms with Gasteiger partial charge in [0.25, 0.3) is 0 Å². The van der Waals surface area contributed by atoms with Crippen LogP contribution in [-0.2, 0) is 6.42 Å². The number of hydrogen-bond donors (Lipinski definition) is 0. The van der Waals surface area contributed by atoms with Crippen LogP contribution in [0, 0.1) is 0 Å². The fourth-order valence-electron chi connectivity index (χ4n) is 1.65. The van der Waals surface area contributed by atoms with Gasteiger partial charge in [-0.25, -0.2) is 0 Å². The minimum Gasteiger partial charge on any atom is -0.264 e. The summed E-state index contributed by atoms with van der Waals surface area (Å²) in [4.78, 5) is 4.13. The first-order valence-corrected chi connectivity index (χ1v) is 5.38. The van der Waals surface area contributed by atoms with Gasteiger partial charge in [-0.1, -0.05) is 36.7 Å². The Balaban J connectivity index is 2.59. The second-order valence-corrected chi connectivity index (χ2v) is 3.77. The van der Waals surface area contributed by atoms with E-state index >= 15 is 0 Å². The van der Waals surface area contributed by atoms with E-state index in [2.05, 4.69) is 11.9 Å². The van der Waals surface area contributed by atoms with Crippen LogP contribution >= 0.6 is 11.6 Å². The molecule has 0 unspecified atom stereocenters. The third-order valence-electron chi connectivity index (χ3n) is 2.45. The van der Waals surface area contributed by atoms with Crippen molar-refractivity contribution in [2.45, 2.75) is 13.3 Å². The molecule has 1 nitrogen and oxygen atoms in total. The fraction of sp³-hybridized carbons (Fsp3) is 0.154. The first-order chi connectivity index (χ1) is 7.33. The van der Waals surface area contributed by atoms with Crippen molar-refractivity contribution in [3.05, 3.63) is 53.3 Å². The van der Waals surface area contributed by atoms with Crippen molar-refractivity contribution in [3.63, 3.8) is 0 Å². The Morgan fingerprint density at radius 1 is 1.13 bits per heavy atom. The van der Waals surface area contributed by atoms with E-state index in [0.29, 0.717) is 0 Å². The summed E-state index contributed by atoms with van der Waals surface area (Å²) in [6.45, 7) is 2.12. The molecule has 1 aromatic heterocycles. The molecule has 1 aromatic carbocycles. The molecule has 1 heterocycles. The number of benzene rings is 1. The van der Waals surface area contributed by atoms with Gasteiger partial charge in [0.15, 0.2) is 0 Å². The van der Waals surface area contributed by atoms with Crippen LogP contribution in [0.2, 0.25) is 5.02 Å². The monoisotopic (exact) mass is 217 g/mol. The second-order valence-electron chi connectivity index (χ2n) is 3.37. The standard InChI is InChI=1S/C13H12ClN/c1-2-10-9-15-8-7-11(10)12-5-3-4-6-13(12)14/h3-9H,2H2,1H3. The molecule has 2 heteroatoms. The second kappa shape index (κ2) is 4.45. The van der Waals surface area contributed by atoms with E-state index in [1.54, 1.807) is 6.20 Å². The minimum atomic E-state index is 0.790. The molecule has 0 aliphatic carbocycles. The van der Waals surface area contributed by atoms with Crippen molar-refractivity contribution in [1.82, 2.24) is 4.98 Å². The van der Waals surface area contributed by atoms with Crippen molar-refractivity contribution in [2.24, 2.45) is 0 Å². The summed E-state index contributed by atoms with van der Waals surface area (Å²) in [5, 5.41) is 0.790. The molecule has 0 saturated carbocycles. The molecule has 0 radical (unpaired) electrons. The average Bonchev–Trinajstić information content (AvgIpc) is 2.30. The van der Waals surface area contributed by atoms with Crippen LogP contribution in [0.15, 0.2) is 42.7 Å². The van der Waals surface area contributed by atoms with Crippen molar-refractivity contribution in [2.75, 3.05) is 0 Å². The molecular weight excluding hydrogens is 206 g/mol. The first kappa shape index (κ1) is 10.2. The highest BCUT2D eigenvalue weighted by Gasteiger charge is 2.06. The van der Waals surface area contributed by atoms with Gasteiger partial charge in [0.2, 0.25) is 0 Å². The number of pyridine rings is 1. The highest BCUT2D eigenvalue weighted by molar-refractivity contribution is 6.33. The molecular formula is C13H12ClN. The summed E-state index contributed by atoms with van der Waals surface area (Å²) in [6, 6.07) is 9.91. The van der Waals surface area contributed by atoms with Crippen LogP contribution in [-0.4, -0.2) is 4.98 Å². The van der Waals surface area contributed by atoms with Gasteiger partial charge in [0.1, 0.15) is 0 Å². The van der Waals surface area contributed by atoms with Crippen LogP contribution in [0.4, 0.5) is 0 Å². The molecule has 76 valence electrons. The molecule has 0 amide bonds. The molecule has 0 aliphatic heterocycles. The quantitative estimate of drug-likeness (QED) is 0.742. The molecule has 2 rings (SSSR count). The van der Waals surface area contributed by atoms with Crippen molar-refractivity contribution >= 4 is 11.6 Å². The SMILES string of the molecule is CCc1cnccc1-c1ccccc1Cl. The maximum atomic E-state index is 6.17. The Morgan fingerprint density at radius 2 is 1.93 bits per heavy atom. The topological polar surface area (TPSA) is 12.9 Å². The Labute approximate surface area is 94.7 Å². The number of rotatable bonds is 2. The number of aryl methyl sites for hydroxylation is 1. The summed E-state index contributed by atoms with van der Waals surface area (Å²) in [5.74, 6) is 0. The van der Waals surface area contributed by atoms with Crippen LogP contribution in [0.25, 0.3) is 11.1 Å². The lowest BCUT2D eigenvalue weighted by Gasteiger charge is -2.08. The van der Waals surface area contributed by atoms with Gasteiger partial charge in [0.05, 0.1) is 0 Å². The maximum absolute atomic E-state index is 6.17. The summed E-state index contributed by atoms with van der Waals surface area (Å²) >= 11 is 6.17. The highest BCUT2D eigenvalue weighted by Crippen LogP contribution is 2.29. The maximum Gasteiger partial charge on any atom is 0.0484 e. The third-order valence-corrected chi connectivity index (χ3v) is 2.78. The minimum absolute atomic E-state index is 0.790. The molecule has 2 aromatic rings. The van der Waals surface area contributed by atoms with Crippen LogP contribution in [0.3, 0.4) is 0 Å². The molecule has 0 aliphatic rings. The molecule has 15 heavy (non-hydrogen) atoms. The average molecular weight is 218 g/mol. The third kappa shape index (κ3) is 2.02. The van der Waals surface area contributed by atoms with Gasteiger partial charge in [-0.15, -0.1) is 0 Å². The molecule has 0 bridgehead atoms. The fourth-order valence-corrected chi connectivity index (χ4v) is 1.89. The number of nitrogens with zero attached hydrogens (tertiary/aromatic N) is 1. The number of aromatic nitrogens is 1. The van der Waals surface area contributed by atoms with E-state index in [-0.39, 0.29) is 0 Å². The van der Waals surface area contributed by atoms with Gasteiger partial charge in [-0.2, -0.15) is 0 Å². The zero-order chi connectivity index (χ0) is 10.7. The summed E-state index contributed by atoms with van der Waals surface area (Å²) in [6.07, 6.45) is 4.67. The van der Waals surface area contributed by atoms with Gasteiger partial charge >= 0.3 is 0 Å². The smallest absolute Gasteiger partial charge is 0.0484 e. The lowest BCUT2D eigenvalue weighted by atomic mass is 10.0. The van der Waals surface area contributed by atoms with Crippen LogP contribution in [0.5, 0.6) is 0 Å². The Bertz CT molecular complexity index is 466. The van der Waals surface area contributed by atoms with Gasteiger partial charge in [-0.05, 0) is 29.7 Å². The van der Waals surface area contributed by atoms with E-state index in [0.717, 1.165) is 17.0 Å². The van der Waals surface area contributed by atoms with Gasteiger partial charge < -0.3 is 0 Å². The molecule has 0 spiro atoms. The molecule has 0 atom stereocenters. The van der Waals surface area contributed by atoms with Crippen LogP contribution < -0.4 is 0 Å². The van der Waals surface area contributed by atoms with E-state index in [1.165, 1.54) is 11.1 Å². The Kier molecular flexibility index (Phi) is 3.02. The highest BCUT2D eigenvalue weighted by atomic mass is 35.5. The van der Waals surface area contributed by atoms with Crippen molar-refractivity contribution in [3.8, 4) is 11.1 Å². The number of hydrogen-bond acceptors (Lipinski definition) is 1. The summed E-state index contributed by atoms with van der Waals surface area (Å²) in [7, 11) is 0. The number of halogens is 1. The summed E-state index contributed by atoms with van der Waals surface area (Å²) < 4.78 is 0. The van der Waals surface area contributed by atoms with Gasteiger partial charge in [0, 0.05) is 23.0 Å². The normalized spacial score (nSPS) is 10.3. The lowest BCUT2D eigenvalue weighted by molar-refractivity contribution is 1.11. The van der Waals surface area contributed by atoms with E-state index in [1.807, 2.05) is 36.5 Å². The van der Waals surface area contributed by atoms with E-state index < -0.39 is 0 Å². The van der Waals surface area contributed by atoms with Crippen molar-refractivity contribution in [1.29, 1.82) is 0 Å². The first-order valence-electron chi connectivity index (χ1n) is 5.00. The zero-order valence-corrected chi connectivity index (χ0v) is 9.33. The van der Waals surface area contributed by atoms with Crippen LogP contribution in [0.1, 0.15) is 12.5 Å². The van der Waals surface area contributed by atoms with E-state index in [4.69, 9.17) is 11.6 Å². The largest absolute Gasteiger partial charge is 0.264 e.